The van der Waals surface area contributed by atoms with Crippen LogP contribution in [0, 0.1) is 11.8 Å². The molecule has 4 aromatic rings. The Bertz CT molecular complexity index is 2100. The minimum atomic E-state index is -5.14. The molecule has 0 radical (unpaired) electrons. The molecule has 0 bridgehead atoms. The maximum atomic E-state index is 9.16. The van der Waals surface area contributed by atoms with Crippen molar-refractivity contribution < 1.29 is 15.6 Å². The second-order valence-electron chi connectivity index (χ2n) is 21.1. The van der Waals surface area contributed by atoms with Crippen molar-refractivity contribution in [1.82, 2.24) is 0 Å². The molecule has 0 amide bonds. The predicted octanol–water partition coefficient (Wildman–Crippen LogP) is 17.5. The van der Waals surface area contributed by atoms with Crippen molar-refractivity contribution in [2.45, 2.75) is 153 Å². The molecule has 4 heteroatoms. The third-order valence-corrected chi connectivity index (χ3v) is 66.0. The van der Waals surface area contributed by atoms with Gasteiger partial charge in [-0.3, -0.25) is 0 Å². The third-order valence-electron chi connectivity index (χ3n) is 14.4. The minimum absolute atomic E-state index is 0.0393. The Morgan fingerprint density at radius 1 is 0.552 bits per heavy atom. The Balaban J connectivity index is 1.76. The molecule has 4 atom stereocenters. The van der Waals surface area contributed by atoms with Crippen LogP contribution in [0.1, 0.15) is 173 Å². The molecule has 4 unspecified atom stereocenters. The summed E-state index contributed by atoms with van der Waals surface area (Å²) < 4.78 is 0.0786. The van der Waals surface area contributed by atoms with Crippen LogP contribution in [0.2, 0.25) is 13.1 Å². The number of fused-ring (bicyclic) bond motifs is 2. The van der Waals surface area contributed by atoms with E-state index in [0.717, 1.165) is 12.8 Å². The SMILES string of the molecule is CCC(C)C1=Cc2c(ccc(C(C)(C)C)c2-c2ccccc2C(C)C)[CH]1[Zr]([Cl])([Cl])([CH]1C(C(C)CC)=Cc2c1ccc(C(C)(C)C)c2-c1ccccc1C(C)C)[SiH](C)C. The van der Waals surface area contributed by atoms with Crippen molar-refractivity contribution >= 4 is 35.1 Å². The Hall–Kier alpha value is -1.96. The monoisotopic (exact) mass is 909 g/mol. The molecule has 0 saturated heterocycles. The van der Waals surface area contributed by atoms with Crippen LogP contribution in [0.3, 0.4) is 0 Å². The van der Waals surface area contributed by atoms with Gasteiger partial charge in [-0.1, -0.05) is 0 Å². The number of allylic oxidation sites excluding steroid dienone is 2. The van der Waals surface area contributed by atoms with Crippen LogP contribution < -0.4 is 0 Å². The third kappa shape index (κ3) is 7.54. The summed E-state index contributed by atoms with van der Waals surface area (Å²) in [7, 11) is 18.3. The van der Waals surface area contributed by atoms with Crippen LogP contribution in [0.5, 0.6) is 0 Å². The van der Waals surface area contributed by atoms with E-state index in [4.69, 9.17) is 17.0 Å². The predicted molar refractivity (Wildman–Crippen MR) is 260 cm³/mol. The van der Waals surface area contributed by atoms with E-state index in [-0.39, 0.29) is 18.1 Å². The van der Waals surface area contributed by atoms with E-state index in [1.54, 1.807) is 0 Å². The second kappa shape index (κ2) is 16.4. The van der Waals surface area contributed by atoms with Crippen molar-refractivity contribution in [3.63, 3.8) is 0 Å². The molecule has 0 heterocycles. The molecule has 2 aliphatic rings. The van der Waals surface area contributed by atoms with Gasteiger partial charge in [-0.2, -0.15) is 0 Å². The Morgan fingerprint density at radius 3 is 1.19 bits per heavy atom. The summed E-state index contributed by atoms with van der Waals surface area (Å²) in [6, 6.07) is 28.2. The summed E-state index contributed by atoms with van der Waals surface area (Å²) in [4.78, 5) is 0. The molecule has 0 aliphatic heterocycles. The summed E-state index contributed by atoms with van der Waals surface area (Å²) in [5.74, 6) is -0.275. The van der Waals surface area contributed by atoms with Crippen LogP contribution in [0.25, 0.3) is 34.4 Å². The summed E-state index contributed by atoms with van der Waals surface area (Å²) in [5, 5.41) is 0. The van der Waals surface area contributed by atoms with Crippen molar-refractivity contribution in [3.8, 4) is 22.3 Å². The Labute approximate surface area is 363 Å². The summed E-state index contributed by atoms with van der Waals surface area (Å²) in [6.07, 6.45) is 7.33. The Kier molecular flexibility index (Phi) is 12.9. The number of rotatable bonds is 11. The van der Waals surface area contributed by atoms with Gasteiger partial charge in [-0.25, -0.2) is 0 Å². The average Bonchev–Trinajstić information content (AvgIpc) is 3.77. The summed E-state index contributed by atoms with van der Waals surface area (Å²) >= 11 is -5.14. The first-order valence-corrected chi connectivity index (χ1v) is 38.8. The zero-order chi connectivity index (χ0) is 42.9. The van der Waals surface area contributed by atoms with Gasteiger partial charge >= 0.3 is 366 Å². The van der Waals surface area contributed by atoms with Crippen molar-refractivity contribution in [3.05, 3.63) is 128 Å². The fourth-order valence-corrected chi connectivity index (χ4v) is 41.9. The fourth-order valence-electron chi connectivity index (χ4n) is 10.6. The van der Waals surface area contributed by atoms with Crippen molar-refractivity contribution in [1.29, 1.82) is 0 Å². The van der Waals surface area contributed by atoms with Crippen LogP contribution in [-0.2, 0) is 26.4 Å². The molecule has 2 aliphatic carbocycles. The maximum absolute atomic E-state index is 9.16. The molecular weight excluding hydrogens is 839 g/mol. The number of hydrogen-bond donors (Lipinski definition) is 0. The fraction of sp³-hybridized carbons (Fsp3) is 0.481. The van der Waals surface area contributed by atoms with Gasteiger partial charge in [0.1, 0.15) is 0 Å². The van der Waals surface area contributed by atoms with Gasteiger partial charge in [0.15, 0.2) is 0 Å². The van der Waals surface area contributed by atoms with Crippen LogP contribution in [-0.4, -0.2) is 5.92 Å². The van der Waals surface area contributed by atoms with Gasteiger partial charge in [0.2, 0.25) is 0 Å². The molecule has 0 spiro atoms. The van der Waals surface area contributed by atoms with Crippen LogP contribution >= 0.6 is 17.0 Å². The van der Waals surface area contributed by atoms with E-state index in [1.807, 2.05) is 0 Å². The van der Waals surface area contributed by atoms with Crippen LogP contribution in [0.4, 0.5) is 0 Å². The Morgan fingerprint density at radius 2 is 0.897 bits per heavy atom. The van der Waals surface area contributed by atoms with Gasteiger partial charge in [-0.15, -0.1) is 0 Å². The molecule has 311 valence electrons. The standard InChI is InChI=1S/2C26H33.C2H7Si.2ClH.Zr/c2*1-8-18(4)20-15-19-13-14-24(26(5,6)7)25(23(19)16-20)22-12-10-9-11-21(22)17(2)3;1-3-2;;;/h2*9-18H,8H2,1-7H3;3H,1-2H3;2*1H;/q;;;;;+2/p-2. The first-order valence-electron chi connectivity index (χ1n) is 22.5. The van der Waals surface area contributed by atoms with E-state index in [0.29, 0.717) is 23.7 Å². The van der Waals surface area contributed by atoms with Crippen LogP contribution in [0.15, 0.2) is 83.9 Å². The zero-order valence-electron chi connectivity index (χ0n) is 38.8. The molecule has 0 nitrogen and oxygen atoms in total. The topological polar surface area (TPSA) is 0 Å². The van der Waals surface area contributed by atoms with E-state index < -0.39 is 21.5 Å². The first kappa shape index (κ1) is 45.6. The average molecular weight is 912 g/mol. The van der Waals surface area contributed by atoms with E-state index in [1.165, 1.54) is 77.9 Å². The van der Waals surface area contributed by atoms with Gasteiger partial charge in [0, 0.05) is 0 Å². The summed E-state index contributed by atoms with van der Waals surface area (Å²) in [6.45, 7) is 38.2. The molecule has 0 aromatic heterocycles. The van der Waals surface area contributed by atoms with Gasteiger partial charge in [0.25, 0.3) is 0 Å². The molecular formula is C54H73Cl2SiZr. The number of halogens is 2. The quantitative estimate of drug-likeness (QED) is 0.132. The zero-order valence-corrected chi connectivity index (χ0v) is 43.9. The van der Waals surface area contributed by atoms with Gasteiger partial charge in [0.05, 0.1) is 0 Å². The van der Waals surface area contributed by atoms with E-state index in [2.05, 4.69) is 195 Å². The molecule has 0 saturated carbocycles. The second-order valence-corrected chi connectivity index (χ2v) is 63.6. The van der Waals surface area contributed by atoms with Gasteiger partial charge < -0.3 is 0 Å². The molecule has 0 fully saturated rings. The first-order chi connectivity index (χ1) is 27.0. The number of hydrogen-bond acceptors (Lipinski definition) is 0. The van der Waals surface area contributed by atoms with Crippen molar-refractivity contribution in [2.24, 2.45) is 11.8 Å². The molecule has 4 aromatic carbocycles. The molecule has 0 N–H and O–H groups in total. The van der Waals surface area contributed by atoms with E-state index in [9.17, 15) is 0 Å². The summed E-state index contributed by atoms with van der Waals surface area (Å²) in [5.41, 5.74) is 19.5. The normalized spacial score (nSPS) is 18.9. The van der Waals surface area contributed by atoms with Gasteiger partial charge in [-0.05, 0) is 0 Å². The molecule has 6 rings (SSSR count). The van der Waals surface area contributed by atoms with E-state index >= 15 is 0 Å². The van der Waals surface area contributed by atoms with Crippen molar-refractivity contribution in [2.75, 3.05) is 0 Å². The molecule has 58 heavy (non-hydrogen) atoms. The number of benzene rings is 4.